The van der Waals surface area contributed by atoms with Crippen LogP contribution in [0.5, 0.6) is 5.75 Å². The fourth-order valence-electron chi connectivity index (χ4n) is 1.62. The van der Waals surface area contributed by atoms with E-state index in [0.29, 0.717) is 12.5 Å². The summed E-state index contributed by atoms with van der Waals surface area (Å²) in [4.78, 5) is 0. The molecule has 0 unspecified atom stereocenters. The van der Waals surface area contributed by atoms with Gasteiger partial charge < -0.3 is 10.5 Å². The van der Waals surface area contributed by atoms with Crippen molar-refractivity contribution in [3.05, 3.63) is 29.8 Å². The van der Waals surface area contributed by atoms with E-state index in [1.54, 1.807) is 0 Å². The molecule has 2 rings (SSSR count). The summed E-state index contributed by atoms with van der Waals surface area (Å²) in [6, 6.07) is 8.21. The van der Waals surface area contributed by atoms with E-state index in [4.69, 9.17) is 10.5 Å². The molecule has 2 nitrogen and oxygen atoms in total. The van der Waals surface area contributed by atoms with Crippen LogP contribution in [-0.2, 0) is 0 Å². The number of benzene rings is 1. The van der Waals surface area contributed by atoms with E-state index in [9.17, 15) is 0 Å². The van der Waals surface area contributed by atoms with Gasteiger partial charge in [-0.1, -0.05) is 32.0 Å². The molecule has 0 saturated heterocycles. The number of hydrogen-bond donors (Lipinski definition) is 1. The van der Waals surface area contributed by atoms with E-state index < -0.39 is 0 Å². The van der Waals surface area contributed by atoms with E-state index in [1.165, 1.54) is 5.56 Å². The second-order valence-corrected chi connectivity index (χ2v) is 4.84. The van der Waals surface area contributed by atoms with Crippen LogP contribution in [0, 0.1) is 0 Å². The van der Waals surface area contributed by atoms with Crippen LogP contribution < -0.4 is 10.5 Å². The zero-order valence-corrected chi connectivity index (χ0v) is 9.49. The van der Waals surface area contributed by atoms with Crippen LogP contribution in [0.1, 0.15) is 38.2 Å². The van der Waals surface area contributed by atoms with Gasteiger partial charge in [-0.3, -0.25) is 0 Å². The van der Waals surface area contributed by atoms with Gasteiger partial charge in [-0.05, 0) is 30.4 Å². The molecule has 0 aliphatic heterocycles. The molecule has 15 heavy (non-hydrogen) atoms. The maximum absolute atomic E-state index is 6.00. The fraction of sp³-hybridized carbons (Fsp3) is 0.538. The highest BCUT2D eigenvalue weighted by atomic mass is 16.5. The Kier molecular flexibility index (Phi) is 2.70. The second-order valence-electron chi connectivity index (χ2n) is 4.84. The predicted octanol–water partition coefficient (Wildman–Crippen LogP) is 2.68. The summed E-state index contributed by atoms with van der Waals surface area (Å²) in [5.74, 6) is 1.48. The highest BCUT2D eigenvalue weighted by molar-refractivity contribution is 5.35. The minimum Gasteiger partial charge on any atom is -0.491 e. The van der Waals surface area contributed by atoms with Gasteiger partial charge in [0, 0.05) is 0 Å². The number of para-hydroxylation sites is 1. The number of hydrogen-bond acceptors (Lipinski definition) is 2. The Hall–Kier alpha value is -1.02. The van der Waals surface area contributed by atoms with Crippen LogP contribution in [0.4, 0.5) is 0 Å². The monoisotopic (exact) mass is 205 g/mol. The molecule has 82 valence electrons. The van der Waals surface area contributed by atoms with Gasteiger partial charge in [0.2, 0.25) is 0 Å². The van der Waals surface area contributed by atoms with Gasteiger partial charge in [0.15, 0.2) is 0 Å². The first kappa shape index (κ1) is 10.5. The number of rotatable bonds is 4. The standard InChI is InChI=1S/C13H19NO/c1-10(2)11-5-3-4-6-12(11)15-9-13(14)7-8-13/h3-6,10H,7-9,14H2,1-2H3. The highest BCUT2D eigenvalue weighted by Gasteiger charge is 2.39. The molecule has 0 radical (unpaired) electrons. The van der Waals surface area contributed by atoms with Gasteiger partial charge in [-0.25, -0.2) is 0 Å². The lowest BCUT2D eigenvalue weighted by Crippen LogP contribution is -2.30. The third-order valence-corrected chi connectivity index (χ3v) is 2.95. The maximum atomic E-state index is 6.00. The van der Waals surface area contributed by atoms with Gasteiger partial charge in [-0.2, -0.15) is 0 Å². The van der Waals surface area contributed by atoms with Gasteiger partial charge in [0.1, 0.15) is 12.4 Å². The molecule has 0 bridgehead atoms. The van der Waals surface area contributed by atoms with Gasteiger partial charge >= 0.3 is 0 Å². The molecule has 0 aromatic heterocycles. The van der Waals surface area contributed by atoms with Crippen LogP contribution in [0.2, 0.25) is 0 Å². The summed E-state index contributed by atoms with van der Waals surface area (Å²) >= 11 is 0. The Bertz CT molecular complexity index is 342. The zero-order chi connectivity index (χ0) is 10.9. The Balaban J connectivity index is 2.06. The molecule has 0 amide bonds. The van der Waals surface area contributed by atoms with E-state index in [-0.39, 0.29) is 5.54 Å². The minimum absolute atomic E-state index is 0.0376. The molecule has 0 heterocycles. The molecule has 1 fully saturated rings. The number of ether oxygens (including phenoxy) is 1. The van der Waals surface area contributed by atoms with Crippen molar-refractivity contribution in [3.8, 4) is 5.75 Å². The molecule has 2 N–H and O–H groups in total. The quantitative estimate of drug-likeness (QED) is 0.820. The Morgan fingerprint density at radius 1 is 1.33 bits per heavy atom. The SMILES string of the molecule is CC(C)c1ccccc1OCC1(N)CC1. The summed E-state index contributed by atoms with van der Waals surface area (Å²) in [6.07, 6.45) is 2.19. The summed E-state index contributed by atoms with van der Waals surface area (Å²) in [7, 11) is 0. The third-order valence-electron chi connectivity index (χ3n) is 2.95. The van der Waals surface area contributed by atoms with Crippen molar-refractivity contribution in [1.29, 1.82) is 0 Å². The van der Waals surface area contributed by atoms with Crippen LogP contribution in [0.15, 0.2) is 24.3 Å². The van der Waals surface area contributed by atoms with Crippen LogP contribution in [-0.4, -0.2) is 12.1 Å². The Morgan fingerprint density at radius 3 is 2.60 bits per heavy atom. The zero-order valence-electron chi connectivity index (χ0n) is 9.49. The van der Waals surface area contributed by atoms with Crippen molar-refractivity contribution < 1.29 is 4.74 Å². The van der Waals surface area contributed by atoms with E-state index in [2.05, 4.69) is 26.0 Å². The van der Waals surface area contributed by atoms with Gasteiger partial charge in [0.25, 0.3) is 0 Å². The second kappa shape index (κ2) is 3.86. The molecule has 0 atom stereocenters. The average Bonchev–Trinajstić information content (AvgIpc) is 2.95. The predicted molar refractivity (Wildman–Crippen MR) is 62.2 cm³/mol. The normalized spacial score (nSPS) is 17.9. The molecular weight excluding hydrogens is 186 g/mol. The minimum atomic E-state index is -0.0376. The molecule has 2 heteroatoms. The average molecular weight is 205 g/mol. The maximum Gasteiger partial charge on any atom is 0.122 e. The summed E-state index contributed by atoms with van der Waals surface area (Å²) in [5, 5.41) is 0. The highest BCUT2D eigenvalue weighted by Crippen LogP contribution is 2.34. The molecule has 1 aromatic carbocycles. The summed E-state index contributed by atoms with van der Waals surface area (Å²) < 4.78 is 5.80. The van der Waals surface area contributed by atoms with Crippen LogP contribution in [0.25, 0.3) is 0 Å². The van der Waals surface area contributed by atoms with E-state index >= 15 is 0 Å². The summed E-state index contributed by atoms with van der Waals surface area (Å²) in [5.41, 5.74) is 7.22. The van der Waals surface area contributed by atoms with Crippen LogP contribution >= 0.6 is 0 Å². The van der Waals surface area contributed by atoms with Crippen molar-refractivity contribution in [2.75, 3.05) is 6.61 Å². The molecule has 0 spiro atoms. The first-order chi connectivity index (χ1) is 7.11. The van der Waals surface area contributed by atoms with Crippen LogP contribution in [0.3, 0.4) is 0 Å². The van der Waals surface area contributed by atoms with Crippen molar-refractivity contribution >= 4 is 0 Å². The van der Waals surface area contributed by atoms with Gasteiger partial charge in [-0.15, -0.1) is 0 Å². The summed E-state index contributed by atoms with van der Waals surface area (Å²) in [6.45, 7) is 5.01. The largest absolute Gasteiger partial charge is 0.491 e. The lowest BCUT2D eigenvalue weighted by molar-refractivity contribution is 0.276. The third kappa shape index (κ3) is 2.51. The topological polar surface area (TPSA) is 35.2 Å². The molecule has 1 aliphatic rings. The van der Waals surface area contributed by atoms with Crippen molar-refractivity contribution in [2.45, 2.75) is 38.1 Å². The molecule has 1 saturated carbocycles. The first-order valence-electron chi connectivity index (χ1n) is 5.61. The van der Waals surface area contributed by atoms with Gasteiger partial charge in [0.05, 0.1) is 5.54 Å². The van der Waals surface area contributed by atoms with Crippen molar-refractivity contribution in [2.24, 2.45) is 5.73 Å². The van der Waals surface area contributed by atoms with E-state index in [1.807, 2.05) is 12.1 Å². The smallest absolute Gasteiger partial charge is 0.122 e. The Morgan fingerprint density at radius 2 is 2.00 bits per heavy atom. The lowest BCUT2D eigenvalue weighted by Gasteiger charge is -2.16. The molecule has 1 aliphatic carbocycles. The molecular formula is C13H19NO. The van der Waals surface area contributed by atoms with Crippen molar-refractivity contribution in [3.63, 3.8) is 0 Å². The fourth-order valence-corrected chi connectivity index (χ4v) is 1.62. The Labute approximate surface area is 91.4 Å². The molecule has 1 aromatic rings. The first-order valence-corrected chi connectivity index (χ1v) is 5.61. The lowest BCUT2D eigenvalue weighted by atomic mass is 10.0. The van der Waals surface area contributed by atoms with E-state index in [0.717, 1.165) is 18.6 Å². The number of nitrogens with two attached hydrogens (primary N) is 1. The van der Waals surface area contributed by atoms with Crippen molar-refractivity contribution in [1.82, 2.24) is 0 Å².